The van der Waals surface area contributed by atoms with Crippen molar-refractivity contribution in [1.29, 1.82) is 0 Å². The van der Waals surface area contributed by atoms with Gasteiger partial charge in [-0.3, -0.25) is 0 Å². The Labute approximate surface area is 329 Å². The molecule has 0 spiro atoms. The van der Waals surface area contributed by atoms with Crippen molar-refractivity contribution in [1.82, 2.24) is 19.9 Å². The van der Waals surface area contributed by atoms with Crippen LogP contribution in [0.15, 0.2) is 187 Å². The fourth-order valence-corrected chi connectivity index (χ4v) is 7.02. The van der Waals surface area contributed by atoms with Gasteiger partial charge in [0.05, 0.1) is 18.5 Å². The van der Waals surface area contributed by atoms with Gasteiger partial charge in [-0.05, 0) is 87.4 Å². The number of rotatable bonds is 8. The lowest BCUT2D eigenvalue weighted by molar-refractivity contribution is 0.414. The van der Waals surface area contributed by atoms with Gasteiger partial charge in [0.25, 0.3) is 0 Å². The van der Waals surface area contributed by atoms with Crippen LogP contribution in [0.25, 0.3) is 66.8 Å². The average molecular weight is 778 g/mol. The largest absolute Gasteiger partial charge is 0.497 e. The second-order valence-corrected chi connectivity index (χ2v) is 14.1. The molecular formula is C49H37BrN4O. The van der Waals surface area contributed by atoms with Crippen molar-refractivity contribution in [3.8, 4) is 50.5 Å². The molecule has 9 aromatic rings. The molecule has 0 amide bonds. The molecule has 266 valence electrons. The van der Waals surface area contributed by atoms with Crippen LogP contribution in [0.5, 0.6) is 5.75 Å². The number of nitrogens with zero attached hydrogens (tertiary/aromatic N) is 4. The summed E-state index contributed by atoms with van der Waals surface area (Å²) < 4.78 is 6.21. The lowest BCUT2D eigenvalue weighted by Crippen LogP contribution is -1.96. The fraction of sp³-hybridized carbons (Fsp3) is 0.0612. The number of benzene rings is 5. The molecule has 4 heterocycles. The minimum Gasteiger partial charge on any atom is -0.497 e. The number of pyridine rings is 4. The van der Waals surface area contributed by atoms with E-state index in [0.717, 1.165) is 89.9 Å². The highest BCUT2D eigenvalue weighted by Crippen LogP contribution is 2.35. The quantitative estimate of drug-likeness (QED) is 0.154. The molecule has 4 aromatic heterocycles. The van der Waals surface area contributed by atoms with Crippen LogP contribution in [-0.2, 0) is 12.8 Å². The normalized spacial score (nSPS) is 10.9. The first-order chi connectivity index (χ1) is 27.1. The van der Waals surface area contributed by atoms with E-state index in [9.17, 15) is 0 Å². The van der Waals surface area contributed by atoms with Crippen LogP contribution >= 0.6 is 15.9 Å². The predicted octanol–water partition coefficient (Wildman–Crippen LogP) is 12.5. The summed E-state index contributed by atoms with van der Waals surface area (Å²) in [6.45, 7) is 0. The monoisotopic (exact) mass is 776 g/mol. The predicted molar refractivity (Wildman–Crippen MR) is 229 cm³/mol. The zero-order chi connectivity index (χ0) is 37.4. The summed E-state index contributed by atoms with van der Waals surface area (Å²) in [5.74, 6) is 0.884. The molecule has 0 fully saturated rings. The highest BCUT2D eigenvalue weighted by atomic mass is 79.9. The van der Waals surface area contributed by atoms with E-state index in [4.69, 9.17) is 19.7 Å². The first-order valence-electron chi connectivity index (χ1n) is 18.2. The van der Waals surface area contributed by atoms with Crippen molar-refractivity contribution in [2.45, 2.75) is 12.8 Å². The van der Waals surface area contributed by atoms with Crippen LogP contribution in [0.3, 0.4) is 0 Å². The Bertz CT molecular complexity index is 2670. The van der Waals surface area contributed by atoms with Gasteiger partial charge >= 0.3 is 0 Å². The zero-order valence-electron chi connectivity index (χ0n) is 30.3. The van der Waals surface area contributed by atoms with E-state index in [1.165, 1.54) is 11.1 Å². The van der Waals surface area contributed by atoms with Crippen molar-refractivity contribution in [3.05, 3.63) is 198 Å². The topological polar surface area (TPSA) is 60.8 Å². The third-order valence-electron chi connectivity index (χ3n) is 9.48. The Hall–Kier alpha value is -6.50. The molecule has 6 heteroatoms. The van der Waals surface area contributed by atoms with Gasteiger partial charge in [-0.25, -0.2) is 19.9 Å². The van der Waals surface area contributed by atoms with E-state index < -0.39 is 0 Å². The second kappa shape index (κ2) is 16.7. The van der Waals surface area contributed by atoms with Gasteiger partial charge in [-0.1, -0.05) is 133 Å². The van der Waals surface area contributed by atoms with Crippen molar-refractivity contribution in [3.63, 3.8) is 0 Å². The van der Waals surface area contributed by atoms with Gasteiger partial charge in [0.15, 0.2) is 11.3 Å². The Balaban J connectivity index is 0.000000164. The SMILES string of the molecule is Brc1cnc2nc(-c3ccccc3)c(-c3ccccc3)cc2c1.COc1ccc(CCc2cnc3nc(-c4ccccc4)c(-c4ccccc4)cc3c2)cc1. The highest BCUT2D eigenvalue weighted by molar-refractivity contribution is 9.10. The summed E-state index contributed by atoms with van der Waals surface area (Å²) in [5, 5.41) is 2.09. The van der Waals surface area contributed by atoms with Gasteiger partial charge in [-0.2, -0.15) is 0 Å². The van der Waals surface area contributed by atoms with E-state index in [1.807, 2.05) is 79.0 Å². The summed E-state index contributed by atoms with van der Waals surface area (Å²) in [6.07, 6.45) is 5.62. The van der Waals surface area contributed by atoms with Crippen molar-refractivity contribution < 1.29 is 4.74 Å². The number of methoxy groups -OCH3 is 1. The average Bonchev–Trinajstić information content (AvgIpc) is 3.26. The number of hydrogen-bond acceptors (Lipinski definition) is 5. The molecular weight excluding hydrogens is 740 g/mol. The van der Waals surface area contributed by atoms with E-state index in [2.05, 4.69) is 118 Å². The van der Waals surface area contributed by atoms with Crippen molar-refractivity contribution in [2.24, 2.45) is 0 Å². The molecule has 0 aliphatic carbocycles. The minimum atomic E-state index is 0.756. The van der Waals surface area contributed by atoms with Crippen LogP contribution in [0.2, 0.25) is 0 Å². The summed E-state index contributed by atoms with van der Waals surface area (Å²) in [6, 6.07) is 58.3. The summed E-state index contributed by atoms with van der Waals surface area (Å²) in [7, 11) is 1.69. The molecule has 0 aliphatic rings. The summed E-state index contributed by atoms with van der Waals surface area (Å²) in [5.41, 5.74) is 12.7. The molecule has 0 bridgehead atoms. The summed E-state index contributed by atoms with van der Waals surface area (Å²) in [4.78, 5) is 19.0. The molecule has 5 nitrogen and oxygen atoms in total. The number of hydrogen-bond donors (Lipinski definition) is 0. The van der Waals surface area contributed by atoms with Gasteiger partial charge in [-0.15, -0.1) is 0 Å². The van der Waals surface area contributed by atoms with Gasteiger partial charge < -0.3 is 4.74 Å². The number of aromatic nitrogens is 4. The zero-order valence-corrected chi connectivity index (χ0v) is 31.9. The first kappa shape index (κ1) is 35.5. The lowest BCUT2D eigenvalue weighted by Gasteiger charge is -2.12. The van der Waals surface area contributed by atoms with Crippen molar-refractivity contribution in [2.75, 3.05) is 7.11 Å². The molecule has 0 aliphatic heterocycles. The van der Waals surface area contributed by atoms with Crippen LogP contribution in [-0.4, -0.2) is 27.0 Å². The van der Waals surface area contributed by atoms with E-state index >= 15 is 0 Å². The van der Waals surface area contributed by atoms with Crippen LogP contribution in [0.4, 0.5) is 0 Å². The minimum absolute atomic E-state index is 0.756. The number of aryl methyl sites for hydroxylation is 2. The van der Waals surface area contributed by atoms with Crippen molar-refractivity contribution >= 4 is 38.0 Å². The van der Waals surface area contributed by atoms with E-state index in [-0.39, 0.29) is 0 Å². The maximum absolute atomic E-state index is 5.25. The molecule has 0 atom stereocenters. The Kier molecular flexibility index (Phi) is 10.8. The van der Waals surface area contributed by atoms with Crippen LogP contribution in [0, 0.1) is 0 Å². The molecule has 55 heavy (non-hydrogen) atoms. The maximum Gasteiger partial charge on any atom is 0.159 e. The highest BCUT2D eigenvalue weighted by Gasteiger charge is 2.14. The van der Waals surface area contributed by atoms with Gasteiger partial charge in [0, 0.05) is 49.9 Å². The van der Waals surface area contributed by atoms with Gasteiger partial charge in [0.2, 0.25) is 0 Å². The van der Waals surface area contributed by atoms with E-state index in [1.54, 1.807) is 13.3 Å². The molecule has 0 saturated carbocycles. The molecule has 9 rings (SSSR count). The standard InChI is InChI=1S/C29H24N2O.C20H13BrN2/c1-32-26-16-14-21(15-17-26)12-13-22-18-25-19-27(23-8-4-2-5-9-23)28(31-29(25)30-20-22)24-10-6-3-7-11-24;21-17-11-16-12-18(14-7-3-1-4-8-14)19(23-20(16)22-13-17)15-9-5-2-6-10-15/h2-11,14-20H,12-13H2,1H3;1-13H. The molecule has 0 saturated heterocycles. The second-order valence-electron chi connectivity index (χ2n) is 13.2. The third kappa shape index (κ3) is 8.35. The molecule has 0 unspecified atom stereocenters. The Morgan fingerprint density at radius 1 is 0.455 bits per heavy atom. The third-order valence-corrected chi connectivity index (χ3v) is 9.92. The summed E-state index contributed by atoms with van der Waals surface area (Å²) >= 11 is 3.49. The lowest BCUT2D eigenvalue weighted by atomic mass is 9.97. The number of halogens is 1. The smallest absolute Gasteiger partial charge is 0.159 e. The fourth-order valence-electron chi connectivity index (χ4n) is 6.67. The Morgan fingerprint density at radius 2 is 0.891 bits per heavy atom. The number of ether oxygens (including phenoxy) is 1. The van der Waals surface area contributed by atoms with E-state index in [0.29, 0.717) is 0 Å². The molecule has 5 aromatic carbocycles. The first-order valence-corrected chi connectivity index (χ1v) is 19.0. The van der Waals surface area contributed by atoms with Gasteiger partial charge in [0.1, 0.15) is 5.75 Å². The molecule has 0 N–H and O–H groups in total. The Morgan fingerprint density at radius 3 is 1.38 bits per heavy atom. The number of fused-ring (bicyclic) bond motifs is 2. The maximum atomic E-state index is 5.25. The molecule has 0 radical (unpaired) electrons. The van der Waals surface area contributed by atoms with Crippen LogP contribution < -0.4 is 4.74 Å². The van der Waals surface area contributed by atoms with Crippen LogP contribution in [0.1, 0.15) is 11.1 Å².